The van der Waals surface area contributed by atoms with E-state index in [0.29, 0.717) is 34.1 Å². The van der Waals surface area contributed by atoms with Crippen molar-refractivity contribution in [2.24, 2.45) is 0 Å². The van der Waals surface area contributed by atoms with Gasteiger partial charge >= 0.3 is 0 Å². The monoisotopic (exact) mass is 440 g/mol. The third kappa shape index (κ3) is 3.32. The maximum Gasteiger partial charge on any atom is 0.261 e. The molecule has 0 atom stereocenters. The van der Waals surface area contributed by atoms with E-state index in [2.05, 4.69) is 0 Å². The summed E-state index contributed by atoms with van der Waals surface area (Å²) in [6, 6.07) is 13.5. The molecule has 5 nitrogen and oxygen atoms in total. The van der Waals surface area contributed by atoms with Gasteiger partial charge in [-0.05, 0) is 75.8 Å². The molecule has 2 aromatic carbocycles. The summed E-state index contributed by atoms with van der Waals surface area (Å²) in [6.07, 6.45) is 0. The molecule has 156 valence electrons. The van der Waals surface area contributed by atoms with Crippen molar-refractivity contribution < 1.29 is 9.47 Å². The average Bonchev–Trinajstić information content (AvgIpc) is 3.06. The molecule has 0 unspecified atom stereocenters. The molecule has 0 saturated heterocycles. The van der Waals surface area contributed by atoms with Crippen LogP contribution in [0.15, 0.2) is 47.3 Å². The topological polar surface area (TPSA) is 44.9 Å². The SMILES string of the molecule is CCOc1ccc(-c2sc(=S)n3c4ccccc4c(=O)n(C(C)C)c23)cc1OCC. The van der Waals surface area contributed by atoms with E-state index in [-0.39, 0.29) is 11.6 Å². The summed E-state index contributed by atoms with van der Waals surface area (Å²) in [4.78, 5) is 14.3. The molecule has 0 spiro atoms. The summed E-state index contributed by atoms with van der Waals surface area (Å²) in [5.74, 6) is 1.40. The van der Waals surface area contributed by atoms with Gasteiger partial charge in [-0.3, -0.25) is 13.8 Å². The minimum Gasteiger partial charge on any atom is -0.490 e. The third-order valence-electron chi connectivity index (χ3n) is 4.93. The first-order valence-electron chi connectivity index (χ1n) is 10.1. The van der Waals surface area contributed by atoms with E-state index in [1.54, 1.807) is 0 Å². The van der Waals surface area contributed by atoms with Crippen LogP contribution in [0.25, 0.3) is 27.0 Å². The molecule has 7 heteroatoms. The van der Waals surface area contributed by atoms with Crippen molar-refractivity contribution >= 4 is 40.1 Å². The van der Waals surface area contributed by atoms with Gasteiger partial charge in [-0.1, -0.05) is 12.1 Å². The predicted octanol–water partition coefficient (Wildman–Crippen LogP) is 6.09. The molecule has 0 bridgehead atoms. The Bertz CT molecular complexity index is 1350. The highest BCUT2D eigenvalue weighted by molar-refractivity contribution is 7.73. The van der Waals surface area contributed by atoms with Gasteiger partial charge in [0.2, 0.25) is 0 Å². The van der Waals surface area contributed by atoms with Gasteiger partial charge in [0.1, 0.15) is 5.65 Å². The Kier molecular flexibility index (Phi) is 5.66. The Morgan fingerprint density at radius 1 is 1.03 bits per heavy atom. The van der Waals surface area contributed by atoms with Crippen LogP contribution in [0, 0.1) is 3.95 Å². The van der Waals surface area contributed by atoms with Crippen molar-refractivity contribution in [3.05, 3.63) is 56.8 Å². The van der Waals surface area contributed by atoms with Gasteiger partial charge in [0.25, 0.3) is 5.56 Å². The number of ether oxygens (including phenoxy) is 2. The van der Waals surface area contributed by atoms with Crippen molar-refractivity contribution in [3.63, 3.8) is 0 Å². The average molecular weight is 441 g/mol. The maximum absolute atomic E-state index is 13.4. The molecule has 0 saturated carbocycles. The van der Waals surface area contributed by atoms with Crippen molar-refractivity contribution in [3.8, 4) is 21.9 Å². The summed E-state index contributed by atoms with van der Waals surface area (Å²) in [5.41, 5.74) is 2.59. The molecule has 0 fully saturated rings. The lowest BCUT2D eigenvalue weighted by Crippen LogP contribution is -2.24. The first-order valence-corrected chi connectivity index (χ1v) is 11.3. The van der Waals surface area contributed by atoms with Crippen LogP contribution in [0.3, 0.4) is 0 Å². The lowest BCUT2D eigenvalue weighted by Gasteiger charge is -2.17. The Balaban J connectivity index is 2.10. The maximum atomic E-state index is 13.4. The molecule has 2 heterocycles. The van der Waals surface area contributed by atoms with Crippen LogP contribution in [0.4, 0.5) is 0 Å². The number of hydrogen-bond acceptors (Lipinski definition) is 5. The molecule has 0 aliphatic carbocycles. The number of fused-ring (bicyclic) bond motifs is 3. The van der Waals surface area contributed by atoms with Crippen LogP contribution < -0.4 is 15.0 Å². The smallest absolute Gasteiger partial charge is 0.261 e. The minimum atomic E-state index is -0.0195. The molecule has 0 radical (unpaired) electrons. The molecule has 4 aromatic rings. The summed E-state index contributed by atoms with van der Waals surface area (Å²) in [5, 5.41) is 0.667. The van der Waals surface area contributed by atoms with Gasteiger partial charge in [0, 0.05) is 6.04 Å². The van der Waals surface area contributed by atoms with Crippen molar-refractivity contribution in [2.45, 2.75) is 33.7 Å². The second kappa shape index (κ2) is 8.24. The number of para-hydroxylation sites is 1. The molecule has 0 aliphatic rings. The second-order valence-corrected chi connectivity index (χ2v) is 8.81. The first kappa shape index (κ1) is 20.6. The predicted molar refractivity (Wildman–Crippen MR) is 126 cm³/mol. The highest BCUT2D eigenvalue weighted by Crippen LogP contribution is 2.38. The summed E-state index contributed by atoms with van der Waals surface area (Å²) in [7, 11) is 0. The van der Waals surface area contributed by atoms with Crippen LogP contribution in [0.5, 0.6) is 11.5 Å². The molecular formula is C23H24N2O3S2. The molecule has 0 amide bonds. The number of thiazole rings is 1. The van der Waals surface area contributed by atoms with Crippen molar-refractivity contribution in [1.82, 2.24) is 8.97 Å². The largest absolute Gasteiger partial charge is 0.490 e. The van der Waals surface area contributed by atoms with Crippen LogP contribution >= 0.6 is 23.6 Å². The van der Waals surface area contributed by atoms with E-state index in [0.717, 1.165) is 21.6 Å². The van der Waals surface area contributed by atoms with Gasteiger partial charge in [0.05, 0.1) is 29.0 Å². The standard InChI is InChI=1S/C23H24N2O3S2/c1-5-27-18-12-11-15(13-19(18)28-6-2)20-21-24(14(3)4)22(26)16-9-7-8-10-17(16)25(21)23(29)30-20/h7-14H,5-6H2,1-4H3. The van der Waals surface area contributed by atoms with Crippen LogP contribution in [0.1, 0.15) is 33.7 Å². The Hall–Kier alpha value is -2.64. The highest BCUT2D eigenvalue weighted by atomic mass is 32.1. The number of rotatable bonds is 6. The zero-order valence-corrected chi connectivity index (χ0v) is 19.1. The molecule has 0 aliphatic heterocycles. The van der Waals surface area contributed by atoms with E-state index in [9.17, 15) is 4.79 Å². The van der Waals surface area contributed by atoms with Gasteiger partial charge in [-0.2, -0.15) is 0 Å². The van der Waals surface area contributed by atoms with Gasteiger partial charge in [-0.25, -0.2) is 0 Å². The van der Waals surface area contributed by atoms with Crippen molar-refractivity contribution in [1.29, 1.82) is 0 Å². The summed E-state index contributed by atoms with van der Waals surface area (Å²) in [6.45, 7) is 9.03. The van der Waals surface area contributed by atoms with E-state index in [1.807, 2.05) is 79.1 Å². The molecule has 30 heavy (non-hydrogen) atoms. The minimum absolute atomic E-state index is 0.00869. The third-order valence-corrected chi connectivity index (χ3v) is 6.34. The van der Waals surface area contributed by atoms with E-state index in [1.165, 1.54) is 11.3 Å². The Morgan fingerprint density at radius 3 is 2.43 bits per heavy atom. The van der Waals surface area contributed by atoms with Gasteiger partial charge in [-0.15, -0.1) is 11.3 Å². The van der Waals surface area contributed by atoms with E-state index < -0.39 is 0 Å². The molecule has 0 N–H and O–H groups in total. The normalized spacial score (nSPS) is 11.5. The van der Waals surface area contributed by atoms with Gasteiger partial charge in [0.15, 0.2) is 15.5 Å². The van der Waals surface area contributed by atoms with E-state index in [4.69, 9.17) is 21.7 Å². The highest BCUT2D eigenvalue weighted by Gasteiger charge is 2.20. The molecule has 2 aromatic heterocycles. The lowest BCUT2D eigenvalue weighted by atomic mass is 10.1. The van der Waals surface area contributed by atoms with Crippen molar-refractivity contribution in [2.75, 3.05) is 13.2 Å². The van der Waals surface area contributed by atoms with E-state index >= 15 is 0 Å². The Morgan fingerprint density at radius 2 is 1.73 bits per heavy atom. The zero-order chi connectivity index (χ0) is 21.4. The summed E-state index contributed by atoms with van der Waals surface area (Å²) >= 11 is 7.26. The molecular weight excluding hydrogens is 416 g/mol. The molecule has 4 rings (SSSR count). The van der Waals surface area contributed by atoms with Gasteiger partial charge < -0.3 is 9.47 Å². The number of nitrogens with zero attached hydrogens (tertiary/aromatic N) is 2. The van der Waals surface area contributed by atoms with Crippen LogP contribution in [-0.4, -0.2) is 22.2 Å². The quantitative estimate of drug-likeness (QED) is 0.340. The van der Waals surface area contributed by atoms with Crippen LogP contribution in [0.2, 0.25) is 0 Å². The number of benzene rings is 2. The fraction of sp³-hybridized carbons (Fsp3) is 0.304. The second-order valence-electron chi connectivity index (χ2n) is 7.17. The number of aromatic nitrogens is 2. The zero-order valence-electron chi connectivity index (χ0n) is 17.5. The fourth-order valence-electron chi connectivity index (χ4n) is 3.73. The van der Waals surface area contributed by atoms with Crippen LogP contribution in [-0.2, 0) is 0 Å². The first-order chi connectivity index (χ1) is 14.5. The Labute approximate surface area is 184 Å². The number of hydrogen-bond donors (Lipinski definition) is 0. The lowest BCUT2D eigenvalue weighted by molar-refractivity contribution is 0.288. The summed E-state index contributed by atoms with van der Waals surface area (Å²) < 4.78 is 16.1. The fourth-order valence-corrected chi connectivity index (χ4v) is 5.14.